The van der Waals surface area contributed by atoms with Gasteiger partial charge in [0.2, 0.25) is 0 Å². The lowest BCUT2D eigenvalue weighted by molar-refractivity contribution is 0.444. The molecule has 1 fully saturated rings. The molecule has 0 radical (unpaired) electrons. The van der Waals surface area contributed by atoms with Crippen LogP contribution >= 0.6 is 0 Å². The Balaban J connectivity index is 2.09. The van der Waals surface area contributed by atoms with Gasteiger partial charge in [0, 0.05) is 17.8 Å². The third-order valence-electron chi connectivity index (χ3n) is 4.86. The van der Waals surface area contributed by atoms with Crippen LogP contribution in [0.3, 0.4) is 0 Å². The minimum Gasteiger partial charge on any atom is -0.507 e. The van der Waals surface area contributed by atoms with Crippen molar-refractivity contribution in [3.05, 3.63) is 35.9 Å². The van der Waals surface area contributed by atoms with Crippen LogP contribution in [0.1, 0.15) is 37.7 Å². The maximum Gasteiger partial charge on any atom is 0.124 e. The maximum absolute atomic E-state index is 10.9. The molecule has 3 rings (SSSR count). The monoisotopic (exact) mass is 325 g/mol. The van der Waals surface area contributed by atoms with Gasteiger partial charge in [0.15, 0.2) is 0 Å². The lowest BCUT2D eigenvalue weighted by Crippen LogP contribution is -2.38. The van der Waals surface area contributed by atoms with Crippen molar-refractivity contribution in [2.24, 2.45) is 4.99 Å². The van der Waals surface area contributed by atoms with E-state index in [2.05, 4.69) is 43.9 Å². The minimum absolute atomic E-state index is 0.428. The predicted molar refractivity (Wildman–Crippen MR) is 103 cm³/mol. The summed E-state index contributed by atoms with van der Waals surface area (Å²) in [4.78, 5) is 4.82. The SMILES string of the molecule is C[Si](C)(C)c1cc2ccccc2c(C=NC2CCCCC2)c1O. The van der Waals surface area contributed by atoms with Gasteiger partial charge in [0.1, 0.15) is 5.75 Å². The minimum atomic E-state index is -1.61. The number of hydrogen-bond donors (Lipinski definition) is 1. The van der Waals surface area contributed by atoms with Gasteiger partial charge in [0.05, 0.1) is 8.07 Å². The predicted octanol–water partition coefficient (Wildman–Crippen LogP) is 4.84. The average molecular weight is 326 g/mol. The molecule has 1 saturated carbocycles. The number of aliphatic imine (C=N–C) groups is 1. The van der Waals surface area contributed by atoms with Gasteiger partial charge in [-0.2, -0.15) is 0 Å². The summed E-state index contributed by atoms with van der Waals surface area (Å²) in [6.07, 6.45) is 8.21. The van der Waals surface area contributed by atoms with E-state index in [0.29, 0.717) is 11.8 Å². The van der Waals surface area contributed by atoms with Gasteiger partial charge in [0.25, 0.3) is 0 Å². The van der Waals surface area contributed by atoms with Crippen molar-refractivity contribution in [3.8, 4) is 5.75 Å². The molecule has 0 heterocycles. The Hall–Kier alpha value is -1.61. The van der Waals surface area contributed by atoms with Crippen LogP contribution in [0.2, 0.25) is 19.6 Å². The van der Waals surface area contributed by atoms with Crippen LogP contribution in [0, 0.1) is 0 Å². The zero-order valence-electron chi connectivity index (χ0n) is 14.5. The van der Waals surface area contributed by atoms with Crippen molar-refractivity contribution in [3.63, 3.8) is 0 Å². The lowest BCUT2D eigenvalue weighted by Gasteiger charge is -2.21. The van der Waals surface area contributed by atoms with Crippen LogP contribution in [0.5, 0.6) is 5.75 Å². The largest absolute Gasteiger partial charge is 0.507 e. The molecule has 0 atom stereocenters. The molecule has 2 nitrogen and oxygen atoms in total. The number of phenols is 1. The van der Waals surface area contributed by atoms with E-state index in [1.807, 2.05) is 12.3 Å². The molecule has 0 saturated heterocycles. The quantitative estimate of drug-likeness (QED) is 0.635. The highest BCUT2D eigenvalue weighted by Gasteiger charge is 2.23. The summed E-state index contributed by atoms with van der Waals surface area (Å²) in [6, 6.07) is 10.9. The Labute approximate surface area is 140 Å². The molecular formula is C20H27NOSi. The van der Waals surface area contributed by atoms with E-state index in [1.54, 1.807) is 0 Å². The van der Waals surface area contributed by atoms with Gasteiger partial charge in [-0.3, -0.25) is 4.99 Å². The third-order valence-corrected chi connectivity index (χ3v) is 6.86. The lowest BCUT2D eigenvalue weighted by atomic mass is 9.96. The van der Waals surface area contributed by atoms with Crippen molar-refractivity contribution in [2.45, 2.75) is 57.8 Å². The van der Waals surface area contributed by atoms with E-state index in [4.69, 9.17) is 4.99 Å². The number of aromatic hydroxyl groups is 1. The molecule has 0 bridgehead atoms. The second-order valence-electron chi connectivity index (χ2n) is 7.73. The fraction of sp³-hybridized carbons (Fsp3) is 0.450. The molecule has 0 unspecified atom stereocenters. The van der Waals surface area contributed by atoms with E-state index >= 15 is 0 Å². The Morgan fingerprint density at radius 3 is 2.48 bits per heavy atom. The fourth-order valence-corrected chi connectivity index (χ4v) is 4.91. The normalized spacial score (nSPS) is 17.2. The Morgan fingerprint density at radius 2 is 1.78 bits per heavy atom. The first kappa shape index (κ1) is 16.3. The summed E-state index contributed by atoms with van der Waals surface area (Å²) in [6.45, 7) is 6.83. The number of benzene rings is 2. The molecule has 1 N–H and O–H groups in total. The maximum atomic E-state index is 10.9. The van der Waals surface area contributed by atoms with Crippen molar-refractivity contribution in [1.82, 2.24) is 0 Å². The summed E-state index contributed by atoms with van der Waals surface area (Å²) in [5, 5.41) is 14.3. The first-order chi connectivity index (χ1) is 11.0. The highest BCUT2D eigenvalue weighted by molar-refractivity contribution is 6.89. The van der Waals surface area contributed by atoms with Gasteiger partial charge in [-0.15, -0.1) is 0 Å². The molecule has 0 aliphatic heterocycles. The molecule has 1 aliphatic rings. The zero-order valence-corrected chi connectivity index (χ0v) is 15.5. The van der Waals surface area contributed by atoms with Crippen LogP contribution in [-0.2, 0) is 0 Å². The molecule has 23 heavy (non-hydrogen) atoms. The van der Waals surface area contributed by atoms with Gasteiger partial charge >= 0.3 is 0 Å². The Bertz CT molecular complexity index is 724. The van der Waals surface area contributed by atoms with Crippen LogP contribution in [-0.4, -0.2) is 25.4 Å². The molecule has 0 amide bonds. The van der Waals surface area contributed by atoms with Gasteiger partial charge in [-0.25, -0.2) is 0 Å². The molecule has 122 valence electrons. The van der Waals surface area contributed by atoms with E-state index in [-0.39, 0.29) is 0 Å². The Morgan fingerprint density at radius 1 is 1.09 bits per heavy atom. The van der Waals surface area contributed by atoms with Gasteiger partial charge in [-0.1, -0.05) is 69.2 Å². The summed E-state index contributed by atoms with van der Waals surface area (Å²) in [5.41, 5.74) is 0.908. The number of phenolic OH excluding ortho intramolecular Hbond substituents is 1. The molecule has 1 aliphatic carbocycles. The van der Waals surface area contributed by atoms with E-state index in [9.17, 15) is 5.11 Å². The van der Waals surface area contributed by atoms with Crippen molar-refractivity contribution in [2.75, 3.05) is 0 Å². The Kier molecular flexibility index (Phi) is 4.58. The van der Waals surface area contributed by atoms with E-state index in [0.717, 1.165) is 16.1 Å². The summed E-state index contributed by atoms with van der Waals surface area (Å²) >= 11 is 0. The molecule has 2 aromatic carbocycles. The van der Waals surface area contributed by atoms with Crippen molar-refractivity contribution < 1.29 is 5.11 Å². The molecule has 2 aromatic rings. The second-order valence-corrected chi connectivity index (χ2v) is 12.8. The summed E-state index contributed by atoms with van der Waals surface area (Å²) in [7, 11) is -1.61. The average Bonchev–Trinajstić information content (AvgIpc) is 2.53. The summed E-state index contributed by atoms with van der Waals surface area (Å²) < 4.78 is 0. The number of fused-ring (bicyclic) bond motifs is 1. The van der Waals surface area contributed by atoms with Crippen LogP contribution in [0.4, 0.5) is 0 Å². The van der Waals surface area contributed by atoms with E-state index in [1.165, 1.54) is 37.5 Å². The molecule has 0 aromatic heterocycles. The first-order valence-electron chi connectivity index (χ1n) is 8.75. The molecule has 0 spiro atoms. The van der Waals surface area contributed by atoms with Crippen molar-refractivity contribution in [1.29, 1.82) is 0 Å². The number of hydrogen-bond acceptors (Lipinski definition) is 2. The van der Waals surface area contributed by atoms with E-state index < -0.39 is 8.07 Å². The smallest absolute Gasteiger partial charge is 0.124 e. The summed E-state index contributed by atoms with van der Waals surface area (Å²) in [5.74, 6) is 0.447. The zero-order chi connectivity index (χ0) is 16.4. The van der Waals surface area contributed by atoms with Gasteiger partial charge in [-0.05, 0) is 28.8 Å². The fourth-order valence-electron chi connectivity index (χ4n) is 3.48. The topological polar surface area (TPSA) is 32.6 Å². The molecular weight excluding hydrogens is 298 g/mol. The van der Waals surface area contributed by atoms with Gasteiger partial charge < -0.3 is 5.11 Å². The van der Waals surface area contributed by atoms with Crippen molar-refractivity contribution >= 4 is 30.2 Å². The highest BCUT2D eigenvalue weighted by Crippen LogP contribution is 2.28. The van der Waals surface area contributed by atoms with Crippen LogP contribution < -0.4 is 5.19 Å². The number of rotatable bonds is 3. The van der Waals surface area contributed by atoms with Crippen LogP contribution in [0.15, 0.2) is 35.3 Å². The molecule has 3 heteroatoms. The number of nitrogens with zero attached hydrogens (tertiary/aromatic N) is 1. The highest BCUT2D eigenvalue weighted by atomic mass is 28.3. The van der Waals surface area contributed by atoms with Crippen LogP contribution in [0.25, 0.3) is 10.8 Å². The second kappa shape index (κ2) is 6.48. The standard InChI is InChI=1S/C20H27NOSi/c1-23(2,3)19-13-15-9-7-8-12-17(15)18(20(19)22)14-21-16-10-5-4-6-11-16/h7-9,12-14,16,22H,4-6,10-11H2,1-3H3. The third kappa shape index (κ3) is 3.50. The first-order valence-corrected chi connectivity index (χ1v) is 12.2.